The van der Waals surface area contributed by atoms with E-state index in [1.165, 1.54) is 0 Å². The van der Waals surface area contributed by atoms with Crippen molar-refractivity contribution < 1.29 is 4.74 Å². The van der Waals surface area contributed by atoms with Crippen LogP contribution in [0.4, 0.5) is 17.5 Å². The van der Waals surface area contributed by atoms with Crippen molar-refractivity contribution in [2.45, 2.75) is 33.2 Å². The summed E-state index contributed by atoms with van der Waals surface area (Å²) in [5, 5.41) is 6.74. The van der Waals surface area contributed by atoms with Gasteiger partial charge in [0.05, 0.1) is 18.0 Å². The second kappa shape index (κ2) is 8.08. The second-order valence-corrected chi connectivity index (χ2v) is 7.26. The number of anilines is 3. The zero-order chi connectivity index (χ0) is 19.3. The maximum Gasteiger partial charge on any atom is 0.225 e. The van der Waals surface area contributed by atoms with Crippen LogP contribution in [0.2, 0.25) is 0 Å². The van der Waals surface area contributed by atoms with Gasteiger partial charge in [0.1, 0.15) is 11.6 Å². The van der Waals surface area contributed by atoms with Crippen LogP contribution in [0.25, 0.3) is 11.3 Å². The second-order valence-electron chi connectivity index (χ2n) is 7.26. The third-order valence-electron chi connectivity index (χ3n) is 3.73. The van der Waals surface area contributed by atoms with Crippen LogP contribution in [0.3, 0.4) is 0 Å². The van der Waals surface area contributed by atoms with Gasteiger partial charge in [-0.1, -0.05) is 42.5 Å². The summed E-state index contributed by atoms with van der Waals surface area (Å²) in [6.45, 7) is 8.84. The monoisotopic (exact) mass is 362 g/mol. The Labute approximate surface area is 160 Å². The molecule has 0 bridgehead atoms. The summed E-state index contributed by atoms with van der Waals surface area (Å²) in [5.74, 6) is 2.09. The molecule has 3 rings (SSSR count). The van der Waals surface area contributed by atoms with E-state index < -0.39 is 0 Å². The van der Waals surface area contributed by atoms with E-state index in [2.05, 4.69) is 36.4 Å². The van der Waals surface area contributed by atoms with Crippen LogP contribution < -0.4 is 15.4 Å². The summed E-state index contributed by atoms with van der Waals surface area (Å²) < 4.78 is 5.71. The van der Waals surface area contributed by atoms with Gasteiger partial charge in [0.15, 0.2) is 0 Å². The first kappa shape index (κ1) is 18.7. The number of benzene rings is 2. The van der Waals surface area contributed by atoms with Gasteiger partial charge in [-0.15, -0.1) is 0 Å². The highest BCUT2D eigenvalue weighted by molar-refractivity contribution is 5.70. The molecule has 5 nitrogen and oxygen atoms in total. The molecule has 1 heterocycles. The minimum atomic E-state index is -0.143. The Kier molecular flexibility index (Phi) is 5.60. The van der Waals surface area contributed by atoms with E-state index in [-0.39, 0.29) is 5.54 Å². The molecule has 1 aromatic heterocycles. The number of para-hydroxylation sites is 2. The van der Waals surface area contributed by atoms with Gasteiger partial charge in [-0.2, -0.15) is 4.98 Å². The minimum Gasteiger partial charge on any atom is -0.492 e. The first-order chi connectivity index (χ1) is 12.9. The number of aromatic nitrogens is 2. The topological polar surface area (TPSA) is 59.1 Å². The average molecular weight is 362 g/mol. The number of nitrogens with zero attached hydrogens (tertiary/aromatic N) is 2. The van der Waals surface area contributed by atoms with E-state index in [0.29, 0.717) is 18.4 Å². The number of hydrogen-bond acceptors (Lipinski definition) is 5. The lowest BCUT2D eigenvalue weighted by molar-refractivity contribution is 0.342. The van der Waals surface area contributed by atoms with Crippen molar-refractivity contribution in [3.8, 4) is 17.0 Å². The van der Waals surface area contributed by atoms with Crippen molar-refractivity contribution in [3.05, 3.63) is 60.7 Å². The van der Waals surface area contributed by atoms with Gasteiger partial charge in [-0.05, 0) is 39.8 Å². The maximum atomic E-state index is 5.71. The van der Waals surface area contributed by atoms with Crippen LogP contribution in [-0.2, 0) is 0 Å². The van der Waals surface area contributed by atoms with Gasteiger partial charge in [0.2, 0.25) is 5.95 Å². The summed E-state index contributed by atoms with van der Waals surface area (Å²) in [7, 11) is 0. The van der Waals surface area contributed by atoms with Crippen LogP contribution in [-0.4, -0.2) is 22.1 Å². The molecule has 0 fully saturated rings. The van der Waals surface area contributed by atoms with Gasteiger partial charge >= 0.3 is 0 Å². The molecule has 0 aliphatic heterocycles. The summed E-state index contributed by atoms with van der Waals surface area (Å²) in [5.41, 5.74) is 2.63. The van der Waals surface area contributed by atoms with Crippen LogP contribution in [0, 0.1) is 0 Å². The van der Waals surface area contributed by atoms with Crippen LogP contribution in [0.1, 0.15) is 27.7 Å². The molecule has 5 heteroatoms. The smallest absolute Gasteiger partial charge is 0.225 e. The summed E-state index contributed by atoms with van der Waals surface area (Å²) in [6, 6.07) is 19.9. The molecule has 0 saturated carbocycles. The number of hydrogen-bond donors (Lipinski definition) is 2. The Morgan fingerprint density at radius 3 is 2.33 bits per heavy atom. The fourth-order valence-electron chi connectivity index (χ4n) is 2.65. The molecule has 3 aromatic rings. The summed E-state index contributed by atoms with van der Waals surface area (Å²) in [6.07, 6.45) is 0. The number of nitrogens with one attached hydrogen (secondary N) is 2. The molecule has 140 valence electrons. The van der Waals surface area contributed by atoms with Gasteiger partial charge in [0.25, 0.3) is 0 Å². The van der Waals surface area contributed by atoms with Crippen molar-refractivity contribution in [3.63, 3.8) is 0 Å². The molecule has 0 aliphatic carbocycles. The SMILES string of the molecule is CCOc1ccccc1Nc1cc(-c2ccccc2)nc(NC(C)(C)C)n1. The van der Waals surface area contributed by atoms with E-state index >= 15 is 0 Å². The van der Waals surface area contributed by atoms with Crippen molar-refractivity contribution >= 4 is 17.5 Å². The first-order valence-electron chi connectivity index (χ1n) is 9.16. The van der Waals surface area contributed by atoms with E-state index in [1.54, 1.807) is 0 Å². The predicted molar refractivity (Wildman–Crippen MR) is 112 cm³/mol. The Morgan fingerprint density at radius 2 is 1.63 bits per heavy atom. The molecule has 27 heavy (non-hydrogen) atoms. The molecule has 0 spiro atoms. The molecule has 2 aromatic carbocycles. The minimum absolute atomic E-state index is 0.143. The van der Waals surface area contributed by atoms with Gasteiger partial charge in [0, 0.05) is 17.2 Å². The Hall–Kier alpha value is -3.08. The molecule has 0 unspecified atom stereocenters. The van der Waals surface area contributed by atoms with E-state index in [4.69, 9.17) is 9.72 Å². The van der Waals surface area contributed by atoms with Crippen LogP contribution >= 0.6 is 0 Å². The van der Waals surface area contributed by atoms with E-state index in [1.807, 2.05) is 67.6 Å². The number of ether oxygens (including phenoxy) is 1. The van der Waals surface area contributed by atoms with Crippen molar-refractivity contribution in [2.75, 3.05) is 17.2 Å². The lowest BCUT2D eigenvalue weighted by Gasteiger charge is -2.21. The van der Waals surface area contributed by atoms with Gasteiger partial charge in [-0.3, -0.25) is 0 Å². The van der Waals surface area contributed by atoms with E-state index in [0.717, 1.165) is 22.7 Å². The van der Waals surface area contributed by atoms with E-state index in [9.17, 15) is 0 Å². The Balaban J connectivity index is 2.00. The largest absolute Gasteiger partial charge is 0.492 e. The third-order valence-corrected chi connectivity index (χ3v) is 3.73. The quantitative estimate of drug-likeness (QED) is 0.607. The van der Waals surface area contributed by atoms with Crippen molar-refractivity contribution in [2.24, 2.45) is 0 Å². The summed E-state index contributed by atoms with van der Waals surface area (Å²) >= 11 is 0. The average Bonchev–Trinajstić information content (AvgIpc) is 2.63. The molecule has 2 N–H and O–H groups in total. The van der Waals surface area contributed by atoms with Crippen molar-refractivity contribution in [1.29, 1.82) is 0 Å². The Morgan fingerprint density at radius 1 is 0.926 bits per heavy atom. The van der Waals surface area contributed by atoms with Gasteiger partial charge < -0.3 is 15.4 Å². The number of rotatable bonds is 6. The highest BCUT2D eigenvalue weighted by Gasteiger charge is 2.14. The van der Waals surface area contributed by atoms with Crippen LogP contribution in [0.15, 0.2) is 60.7 Å². The fraction of sp³-hybridized carbons (Fsp3) is 0.273. The maximum absolute atomic E-state index is 5.71. The summed E-state index contributed by atoms with van der Waals surface area (Å²) in [4.78, 5) is 9.35. The normalized spacial score (nSPS) is 11.1. The molecule has 0 atom stereocenters. The van der Waals surface area contributed by atoms with Crippen molar-refractivity contribution in [1.82, 2.24) is 9.97 Å². The zero-order valence-electron chi connectivity index (χ0n) is 16.3. The fourth-order valence-corrected chi connectivity index (χ4v) is 2.65. The lowest BCUT2D eigenvalue weighted by Crippen LogP contribution is -2.27. The highest BCUT2D eigenvalue weighted by Crippen LogP contribution is 2.29. The predicted octanol–water partition coefficient (Wildman–Crippen LogP) is 5.50. The molecule has 0 amide bonds. The van der Waals surface area contributed by atoms with Crippen LogP contribution in [0.5, 0.6) is 5.75 Å². The molecule has 0 saturated heterocycles. The third kappa shape index (κ3) is 5.20. The van der Waals surface area contributed by atoms with Gasteiger partial charge in [-0.25, -0.2) is 4.98 Å². The first-order valence-corrected chi connectivity index (χ1v) is 9.16. The molecular weight excluding hydrogens is 336 g/mol. The highest BCUT2D eigenvalue weighted by atomic mass is 16.5. The molecule has 0 aliphatic rings. The standard InChI is InChI=1S/C22H26N4O/c1-5-27-19-14-10-9-13-17(19)23-20-15-18(16-11-7-6-8-12-16)24-21(25-20)26-22(2,3)4/h6-15H,5H2,1-4H3,(H2,23,24,25,26). The zero-order valence-corrected chi connectivity index (χ0v) is 16.3. The molecular formula is C22H26N4O. The Bertz CT molecular complexity index is 888. The molecule has 0 radical (unpaired) electrons. The lowest BCUT2D eigenvalue weighted by atomic mass is 10.1.